The van der Waals surface area contributed by atoms with Crippen molar-refractivity contribution in [2.24, 2.45) is 5.92 Å². The number of carbonyl (C=O) groups is 1. The summed E-state index contributed by atoms with van der Waals surface area (Å²) in [6.07, 6.45) is 0.854. The van der Waals surface area contributed by atoms with Crippen LogP contribution in [-0.2, 0) is 4.79 Å². The van der Waals surface area contributed by atoms with Crippen molar-refractivity contribution in [2.75, 3.05) is 0 Å². The van der Waals surface area contributed by atoms with E-state index in [1.807, 2.05) is 0 Å². The fourth-order valence-corrected chi connectivity index (χ4v) is 1.69. The minimum absolute atomic E-state index is 0.0595. The number of carboxylic acids is 1. The summed E-state index contributed by atoms with van der Waals surface area (Å²) in [5.41, 5.74) is 0. The molecule has 0 bridgehead atoms. The van der Waals surface area contributed by atoms with Gasteiger partial charge in [-0.1, -0.05) is 0 Å². The molecule has 1 N–H and O–H groups in total. The molecule has 0 aliphatic heterocycles. The summed E-state index contributed by atoms with van der Waals surface area (Å²) < 4.78 is 18.8. The molecule has 1 atom stereocenters. The van der Waals surface area contributed by atoms with E-state index in [0.717, 1.165) is 12.8 Å². The van der Waals surface area contributed by atoms with Crippen molar-refractivity contribution in [3.63, 3.8) is 0 Å². The predicted octanol–water partition coefficient (Wildman–Crippen LogP) is 2.83. The highest BCUT2D eigenvalue weighted by Gasteiger charge is 2.38. The molecule has 1 fully saturated rings. The molecule has 1 aliphatic carbocycles. The number of aliphatic carboxylic acids is 1. The van der Waals surface area contributed by atoms with Crippen LogP contribution in [0.1, 0.15) is 12.8 Å². The van der Waals surface area contributed by atoms with Crippen LogP contribution in [0.25, 0.3) is 0 Å². The van der Waals surface area contributed by atoms with E-state index in [2.05, 4.69) is 15.9 Å². The van der Waals surface area contributed by atoms with Crippen LogP contribution in [0.2, 0.25) is 0 Å². The average Bonchev–Trinajstić information content (AvgIpc) is 3.03. The Hall–Kier alpha value is -1.10. The fourth-order valence-electron chi connectivity index (χ4n) is 1.44. The highest BCUT2D eigenvalue weighted by molar-refractivity contribution is 9.10. The normalized spacial score (nSPS) is 16.9. The summed E-state index contributed by atoms with van der Waals surface area (Å²) in [5, 5.41) is 8.94. The standard InChI is InChI=1S/C11H10BrFO3/c12-8-4-3-7(5-9(8)13)16-10(11(14)15)6-1-2-6/h3-6,10H,1-2H2,(H,14,15). The van der Waals surface area contributed by atoms with Gasteiger partial charge in [-0.15, -0.1) is 0 Å². The molecule has 1 unspecified atom stereocenters. The molecular formula is C11H10BrFO3. The van der Waals surface area contributed by atoms with Gasteiger partial charge in [0.15, 0.2) is 6.10 Å². The van der Waals surface area contributed by atoms with Crippen molar-refractivity contribution in [1.82, 2.24) is 0 Å². The molecule has 0 saturated heterocycles. The fraction of sp³-hybridized carbons (Fsp3) is 0.364. The van der Waals surface area contributed by atoms with E-state index < -0.39 is 17.9 Å². The molecule has 0 radical (unpaired) electrons. The zero-order valence-electron chi connectivity index (χ0n) is 8.32. The Labute approximate surface area is 100 Å². The van der Waals surface area contributed by atoms with Gasteiger partial charge in [-0.2, -0.15) is 0 Å². The third-order valence-electron chi connectivity index (χ3n) is 2.45. The van der Waals surface area contributed by atoms with E-state index in [1.165, 1.54) is 12.1 Å². The van der Waals surface area contributed by atoms with E-state index in [9.17, 15) is 9.18 Å². The first-order valence-corrected chi connectivity index (χ1v) is 5.72. The second kappa shape index (κ2) is 4.41. The van der Waals surface area contributed by atoms with Gasteiger partial charge in [0.05, 0.1) is 4.47 Å². The average molecular weight is 289 g/mol. The largest absolute Gasteiger partial charge is 0.478 e. The monoisotopic (exact) mass is 288 g/mol. The topological polar surface area (TPSA) is 46.5 Å². The molecule has 0 heterocycles. The number of carboxylic acid groups (broad SMARTS) is 1. The van der Waals surface area contributed by atoms with Crippen LogP contribution < -0.4 is 4.74 Å². The molecule has 1 aromatic carbocycles. The first kappa shape index (κ1) is 11.4. The maximum absolute atomic E-state index is 13.2. The van der Waals surface area contributed by atoms with Crippen molar-refractivity contribution >= 4 is 21.9 Å². The highest BCUT2D eigenvalue weighted by atomic mass is 79.9. The van der Waals surface area contributed by atoms with Crippen LogP contribution in [0.5, 0.6) is 5.75 Å². The second-order valence-electron chi connectivity index (χ2n) is 3.79. The minimum atomic E-state index is -0.995. The van der Waals surface area contributed by atoms with Gasteiger partial charge in [-0.05, 0) is 40.9 Å². The van der Waals surface area contributed by atoms with E-state index >= 15 is 0 Å². The maximum atomic E-state index is 13.2. The minimum Gasteiger partial charge on any atom is -0.478 e. The summed E-state index contributed by atoms with van der Waals surface area (Å²) in [6, 6.07) is 4.23. The van der Waals surface area contributed by atoms with Crippen molar-refractivity contribution in [3.8, 4) is 5.75 Å². The zero-order chi connectivity index (χ0) is 11.7. The van der Waals surface area contributed by atoms with Gasteiger partial charge in [0.25, 0.3) is 0 Å². The number of halogens is 2. The van der Waals surface area contributed by atoms with Gasteiger partial charge < -0.3 is 9.84 Å². The number of hydrogen-bond donors (Lipinski definition) is 1. The number of hydrogen-bond acceptors (Lipinski definition) is 2. The maximum Gasteiger partial charge on any atom is 0.345 e. The van der Waals surface area contributed by atoms with Gasteiger partial charge in [-0.3, -0.25) is 0 Å². The number of ether oxygens (including phenoxy) is 1. The Bertz CT molecular complexity index is 418. The SMILES string of the molecule is O=C(O)C(Oc1ccc(Br)c(F)c1)C1CC1. The summed E-state index contributed by atoms with van der Waals surface area (Å²) in [7, 11) is 0. The lowest BCUT2D eigenvalue weighted by Gasteiger charge is -2.14. The van der Waals surface area contributed by atoms with E-state index in [4.69, 9.17) is 9.84 Å². The summed E-state index contributed by atoms with van der Waals surface area (Å²) in [5.74, 6) is -1.15. The molecule has 0 aromatic heterocycles. The van der Waals surface area contributed by atoms with Crippen LogP contribution in [0.4, 0.5) is 4.39 Å². The van der Waals surface area contributed by atoms with Crippen molar-refractivity contribution in [1.29, 1.82) is 0 Å². The molecule has 1 saturated carbocycles. The summed E-state index contributed by atoms with van der Waals surface area (Å²) >= 11 is 3.02. The zero-order valence-corrected chi connectivity index (χ0v) is 9.91. The quantitative estimate of drug-likeness (QED) is 0.927. The van der Waals surface area contributed by atoms with Gasteiger partial charge in [0, 0.05) is 12.0 Å². The molecule has 5 heteroatoms. The lowest BCUT2D eigenvalue weighted by atomic mass is 10.2. The van der Waals surface area contributed by atoms with E-state index in [-0.39, 0.29) is 11.7 Å². The molecule has 1 aromatic rings. The third-order valence-corrected chi connectivity index (χ3v) is 3.09. The highest BCUT2D eigenvalue weighted by Crippen LogP contribution is 2.35. The molecule has 16 heavy (non-hydrogen) atoms. The van der Waals surface area contributed by atoms with Crippen LogP contribution >= 0.6 is 15.9 Å². The second-order valence-corrected chi connectivity index (χ2v) is 4.64. The Balaban J connectivity index is 2.12. The Morgan fingerprint density at radius 1 is 1.56 bits per heavy atom. The molecule has 1 aliphatic rings. The number of rotatable bonds is 4. The number of benzene rings is 1. The molecule has 0 amide bonds. The van der Waals surface area contributed by atoms with Gasteiger partial charge in [-0.25, -0.2) is 9.18 Å². The Morgan fingerprint density at radius 2 is 2.25 bits per heavy atom. The lowest BCUT2D eigenvalue weighted by Crippen LogP contribution is -2.29. The Kier molecular flexibility index (Phi) is 3.14. The lowest BCUT2D eigenvalue weighted by molar-refractivity contribution is -0.146. The van der Waals surface area contributed by atoms with Crippen molar-refractivity contribution in [2.45, 2.75) is 18.9 Å². The van der Waals surface area contributed by atoms with Crippen molar-refractivity contribution in [3.05, 3.63) is 28.5 Å². The van der Waals surface area contributed by atoms with Crippen LogP contribution in [0, 0.1) is 11.7 Å². The first-order valence-electron chi connectivity index (χ1n) is 4.92. The van der Waals surface area contributed by atoms with Gasteiger partial charge >= 0.3 is 5.97 Å². The summed E-state index contributed by atoms with van der Waals surface area (Å²) in [4.78, 5) is 10.9. The molecule has 0 spiro atoms. The van der Waals surface area contributed by atoms with Crippen LogP contribution in [-0.4, -0.2) is 17.2 Å². The first-order chi connectivity index (χ1) is 7.58. The smallest absolute Gasteiger partial charge is 0.345 e. The van der Waals surface area contributed by atoms with Gasteiger partial charge in [0.1, 0.15) is 11.6 Å². The molecule has 3 nitrogen and oxygen atoms in total. The molecule has 2 rings (SSSR count). The molecule has 86 valence electrons. The summed E-state index contributed by atoms with van der Waals surface area (Å²) in [6.45, 7) is 0. The van der Waals surface area contributed by atoms with Crippen LogP contribution in [0.3, 0.4) is 0 Å². The Morgan fingerprint density at radius 3 is 2.75 bits per heavy atom. The van der Waals surface area contributed by atoms with E-state index in [0.29, 0.717) is 4.47 Å². The van der Waals surface area contributed by atoms with E-state index in [1.54, 1.807) is 6.07 Å². The third kappa shape index (κ3) is 2.52. The van der Waals surface area contributed by atoms with Crippen LogP contribution in [0.15, 0.2) is 22.7 Å². The predicted molar refractivity (Wildman–Crippen MR) is 58.9 cm³/mol. The molecular weight excluding hydrogens is 279 g/mol. The van der Waals surface area contributed by atoms with Crippen molar-refractivity contribution < 1.29 is 19.0 Å². The van der Waals surface area contributed by atoms with Gasteiger partial charge in [0.2, 0.25) is 0 Å².